The van der Waals surface area contributed by atoms with Crippen molar-refractivity contribution in [3.63, 3.8) is 0 Å². The van der Waals surface area contributed by atoms with E-state index < -0.39 is 0 Å². The summed E-state index contributed by atoms with van der Waals surface area (Å²) in [7, 11) is 0. The molecule has 2 aromatic carbocycles. The Hall–Kier alpha value is -1.93. The SMILES string of the molecule is [NH3+]Cc1cccc2cc3ccccc3nc12. The molecular weight excluding hydrogens is 196 g/mol. The minimum atomic E-state index is 0.780. The Labute approximate surface area is 93.7 Å². The summed E-state index contributed by atoms with van der Waals surface area (Å²) in [6, 6.07) is 16.7. The van der Waals surface area contributed by atoms with Gasteiger partial charge in [-0.05, 0) is 12.1 Å². The van der Waals surface area contributed by atoms with E-state index in [2.05, 4.69) is 42.1 Å². The molecule has 0 radical (unpaired) electrons. The number of para-hydroxylation sites is 2. The van der Waals surface area contributed by atoms with Gasteiger partial charge in [-0.2, -0.15) is 0 Å². The highest BCUT2D eigenvalue weighted by molar-refractivity contribution is 5.93. The van der Waals surface area contributed by atoms with E-state index in [0.717, 1.165) is 17.6 Å². The zero-order valence-electron chi connectivity index (χ0n) is 8.98. The average Bonchev–Trinajstić information content (AvgIpc) is 2.35. The third-order valence-corrected chi connectivity index (χ3v) is 2.90. The lowest BCUT2D eigenvalue weighted by Gasteiger charge is -2.04. The van der Waals surface area contributed by atoms with E-state index in [1.54, 1.807) is 0 Å². The van der Waals surface area contributed by atoms with Gasteiger partial charge in [-0.1, -0.05) is 36.4 Å². The molecule has 1 aromatic heterocycles. The van der Waals surface area contributed by atoms with E-state index in [-0.39, 0.29) is 0 Å². The third kappa shape index (κ3) is 1.35. The van der Waals surface area contributed by atoms with Crippen molar-refractivity contribution >= 4 is 21.8 Å². The molecule has 0 aliphatic heterocycles. The second-order valence-corrected chi connectivity index (χ2v) is 3.92. The lowest BCUT2D eigenvalue weighted by molar-refractivity contribution is -0.386. The Morgan fingerprint density at radius 1 is 0.938 bits per heavy atom. The molecule has 0 bridgehead atoms. The summed E-state index contributed by atoms with van der Waals surface area (Å²) in [6.07, 6.45) is 0. The van der Waals surface area contributed by atoms with Crippen LogP contribution in [0, 0.1) is 0 Å². The number of benzene rings is 2. The van der Waals surface area contributed by atoms with Crippen molar-refractivity contribution in [3.8, 4) is 0 Å². The predicted molar refractivity (Wildman–Crippen MR) is 65.8 cm³/mol. The normalized spacial score (nSPS) is 11.1. The van der Waals surface area contributed by atoms with E-state index in [1.807, 2.05) is 12.1 Å². The molecule has 0 amide bonds. The molecule has 0 aliphatic rings. The molecule has 0 saturated carbocycles. The van der Waals surface area contributed by atoms with Crippen LogP contribution in [-0.2, 0) is 6.54 Å². The molecule has 2 heteroatoms. The van der Waals surface area contributed by atoms with Crippen LogP contribution in [0.25, 0.3) is 21.8 Å². The summed E-state index contributed by atoms with van der Waals surface area (Å²) >= 11 is 0. The van der Waals surface area contributed by atoms with Crippen LogP contribution in [0.1, 0.15) is 5.56 Å². The highest BCUT2D eigenvalue weighted by atomic mass is 14.7. The van der Waals surface area contributed by atoms with Crippen molar-refractivity contribution in [2.24, 2.45) is 0 Å². The van der Waals surface area contributed by atoms with Crippen LogP contribution in [0.15, 0.2) is 48.5 Å². The summed E-state index contributed by atoms with van der Waals surface area (Å²) in [5.74, 6) is 0. The van der Waals surface area contributed by atoms with E-state index in [9.17, 15) is 0 Å². The molecule has 0 saturated heterocycles. The number of rotatable bonds is 1. The summed E-state index contributed by atoms with van der Waals surface area (Å²) in [6.45, 7) is 0.780. The average molecular weight is 209 g/mol. The molecule has 78 valence electrons. The van der Waals surface area contributed by atoms with Gasteiger partial charge < -0.3 is 5.73 Å². The van der Waals surface area contributed by atoms with Gasteiger partial charge in [0.25, 0.3) is 0 Å². The summed E-state index contributed by atoms with van der Waals surface area (Å²) in [5.41, 5.74) is 7.29. The standard InChI is InChI=1S/C14H12N2/c15-9-12-6-3-5-11-8-10-4-1-2-7-13(10)16-14(11)12/h1-8H,9,15H2/p+1. The summed E-state index contributed by atoms with van der Waals surface area (Å²) < 4.78 is 0. The maximum absolute atomic E-state index is 4.71. The maximum Gasteiger partial charge on any atom is 0.102 e. The molecule has 1 heterocycles. The van der Waals surface area contributed by atoms with Gasteiger partial charge in [0.05, 0.1) is 11.0 Å². The number of hydrogen-bond donors (Lipinski definition) is 1. The lowest BCUT2D eigenvalue weighted by Crippen LogP contribution is -2.47. The van der Waals surface area contributed by atoms with Gasteiger partial charge in [-0.3, -0.25) is 0 Å². The first kappa shape index (κ1) is 9.31. The fourth-order valence-electron chi connectivity index (χ4n) is 2.07. The maximum atomic E-state index is 4.71. The number of aromatic nitrogens is 1. The smallest absolute Gasteiger partial charge is 0.102 e. The Balaban J connectivity index is 2.46. The number of fused-ring (bicyclic) bond motifs is 2. The Bertz CT molecular complexity index is 659. The van der Waals surface area contributed by atoms with Gasteiger partial charge in [0.2, 0.25) is 0 Å². The van der Waals surface area contributed by atoms with Crippen molar-refractivity contribution in [1.29, 1.82) is 0 Å². The first-order valence-electron chi connectivity index (χ1n) is 5.45. The topological polar surface area (TPSA) is 40.5 Å². The zero-order valence-corrected chi connectivity index (χ0v) is 8.98. The van der Waals surface area contributed by atoms with Crippen LogP contribution in [0.4, 0.5) is 0 Å². The Morgan fingerprint density at radius 3 is 2.62 bits per heavy atom. The molecule has 0 spiro atoms. The molecular formula is C14H13N2+. The van der Waals surface area contributed by atoms with Crippen LogP contribution in [0.3, 0.4) is 0 Å². The Morgan fingerprint density at radius 2 is 1.75 bits per heavy atom. The van der Waals surface area contributed by atoms with Crippen LogP contribution in [0.5, 0.6) is 0 Å². The third-order valence-electron chi connectivity index (χ3n) is 2.90. The van der Waals surface area contributed by atoms with E-state index in [1.165, 1.54) is 16.3 Å². The first-order valence-corrected chi connectivity index (χ1v) is 5.45. The number of quaternary nitrogens is 1. The Kier molecular flexibility index (Phi) is 2.08. The van der Waals surface area contributed by atoms with Crippen molar-refractivity contribution in [2.75, 3.05) is 0 Å². The summed E-state index contributed by atoms with van der Waals surface area (Å²) in [4.78, 5) is 4.71. The van der Waals surface area contributed by atoms with Crippen LogP contribution >= 0.6 is 0 Å². The predicted octanol–water partition coefficient (Wildman–Crippen LogP) is 2.13. The molecule has 16 heavy (non-hydrogen) atoms. The second kappa shape index (κ2) is 3.58. The van der Waals surface area contributed by atoms with Gasteiger partial charge in [-0.15, -0.1) is 0 Å². The summed E-state index contributed by atoms with van der Waals surface area (Å²) in [5, 5.41) is 2.39. The van der Waals surface area contributed by atoms with Crippen molar-refractivity contribution in [2.45, 2.75) is 6.54 Å². The van der Waals surface area contributed by atoms with Crippen molar-refractivity contribution in [1.82, 2.24) is 4.98 Å². The minimum Gasteiger partial charge on any atom is -0.354 e. The van der Waals surface area contributed by atoms with Gasteiger partial charge >= 0.3 is 0 Å². The van der Waals surface area contributed by atoms with Crippen LogP contribution in [0.2, 0.25) is 0 Å². The molecule has 0 atom stereocenters. The zero-order chi connectivity index (χ0) is 11.0. The van der Waals surface area contributed by atoms with Crippen molar-refractivity contribution in [3.05, 3.63) is 54.1 Å². The van der Waals surface area contributed by atoms with E-state index >= 15 is 0 Å². The largest absolute Gasteiger partial charge is 0.354 e. The van der Waals surface area contributed by atoms with Gasteiger partial charge in [-0.25, -0.2) is 4.98 Å². The molecule has 0 unspecified atom stereocenters. The number of pyridine rings is 1. The van der Waals surface area contributed by atoms with Gasteiger partial charge in [0.15, 0.2) is 0 Å². The molecule has 2 nitrogen and oxygen atoms in total. The fourth-order valence-corrected chi connectivity index (χ4v) is 2.07. The minimum absolute atomic E-state index is 0.780. The van der Waals surface area contributed by atoms with Crippen molar-refractivity contribution < 1.29 is 5.73 Å². The van der Waals surface area contributed by atoms with Gasteiger partial charge in [0.1, 0.15) is 6.54 Å². The molecule has 3 aromatic rings. The first-order chi connectivity index (χ1) is 7.88. The van der Waals surface area contributed by atoms with E-state index in [0.29, 0.717) is 0 Å². The fraction of sp³-hybridized carbons (Fsp3) is 0.0714. The lowest BCUT2D eigenvalue weighted by atomic mass is 10.1. The van der Waals surface area contributed by atoms with Gasteiger partial charge in [0, 0.05) is 16.3 Å². The molecule has 3 rings (SSSR count). The highest BCUT2D eigenvalue weighted by Gasteiger charge is 2.03. The monoisotopic (exact) mass is 209 g/mol. The molecule has 0 fully saturated rings. The van der Waals surface area contributed by atoms with Crippen LogP contribution in [-0.4, -0.2) is 4.98 Å². The highest BCUT2D eigenvalue weighted by Crippen LogP contribution is 2.21. The van der Waals surface area contributed by atoms with E-state index in [4.69, 9.17) is 4.98 Å². The number of nitrogens with zero attached hydrogens (tertiary/aromatic N) is 1. The molecule has 0 aliphatic carbocycles. The molecule has 3 N–H and O–H groups in total. The second-order valence-electron chi connectivity index (χ2n) is 3.92. The van der Waals surface area contributed by atoms with Crippen LogP contribution < -0.4 is 5.73 Å². The quantitative estimate of drug-likeness (QED) is 0.613. The number of hydrogen-bond acceptors (Lipinski definition) is 1.